The number of hydrogen-bond acceptors (Lipinski definition) is 6. The molecule has 6 nitrogen and oxygen atoms in total. The molecule has 7 heteroatoms. The summed E-state index contributed by atoms with van der Waals surface area (Å²) in [4.78, 5) is 10.1. The van der Waals surface area contributed by atoms with Crippen molar-refractivity contribution in [2.45, 2.75) is 5.50 Å². The van der Waals surface area contributed by atoms with E-state index < -0.39 is 11.5 Å². The summed E-state index contributed by atoms with van der Waals surface area (Å²) in [6.45, 7) is -0.190. The van der Waals surface area contributed by atoms with Gasteiger partial charge in [0.25, 0.3) is 0 Å². The lowest BCUT2D eigenvalue weighted by molar-refractivity contribution is -0.138. The van der Waals surface area contributed by atoms with E-state index in [2.05, 4.69) is 28.5 Å². The SMILES string of the molecule is O=C(O)CN1N=NNC1S. The zero-order valence-electron chi connectivity index (χ0n) is 4.93. The van der Waals surface area contributed by atoms with Crippen LogP contribution in [0.25, 0.3) is 0 Å². The third-order valence-corrected chi connectivity index (χ3v) is 1.29. The number of carboxylic acid groups (broad SMARTS) is 1. The highest BCUT2D eigenvalue weighted by molar-refractivity contribution is 7.80. The molecule has 2 N–H and O–H groups in total. The molecule has 1 aliphatic rings. The molecule has 0 spiro atoms. The monoisotopic (exact) mass is 162 g/mol. The minimum absolute atomic E-state index is 0.190. The first kappa shape index (κ1) is 7.13. The van der Waals surface area contributed by atoms with E-state index in [1.807, 2.05) is 0 Å². The average molecular weight is 162 g/mol. The van der Waals surface area contributed by atoms with Crippen LogP contribution in [0.2, 0.25) is 0 Å². The summed E-state index contributed by atoms with van der Waals surface area (Å²) >= 11 is 3.93. The van der Waals surface area contributed by atoms with E-state index in [0.717, 1.165) is 0 Å². The Morgan fingerprint density at radius 3 is 3.00 bits per heavy atom. The summed E-state index contributed by atoms with van der Waals surface area (Å²) in [6, 6.07) is 0. The van der Waals surface area contributed by atoms with Gasteiger partial charge in [-0.05, 0) is 0 Å². The fourth-order valence-corrected chi connectivity index (χ4v) is 0.687. The summed E-state index contributed by atoms with van der Waals surface area (Å²) in [7, 11) is 0. The van der Waals surface area contributed by atoms with Crippen LogP contribution < -0.4 is 5.43 Å². The van der Waals surface area contributed by atoms with E-state index in [9.17, 15) is 4.79 Å². The molecule has 1 rings (SSSR count). The fourth-order valence-electron chi connectivity index (χ4n) is 0.507. The molecule has 0 saturated heterocycles. The van der Waals surface area contributed by atoms with E-state index in [1.54, 1.807) is 0 Å². The van der Waals surface area contributed by atoms with Crippen LogP contribution in [0.15, 0.2) is 10.4 Å². The molecule has 10 heavy (non-hydrogen) atoms. The predicted molar refractivity (Wildman–Crippen MR) is 35.1 cm³/mol. The van der Waals surface area contributed by atoms with Gasteiger partial charge in [-0.15, -0.1) is 12.6 Å². The molecule has 0 radical (unpaired) electrons. The molecule has 0 saturated carbocycles. The van der Waals surface area contributed by atoms with Gasteiger partial charge in [-0.3, -0.25) is 10.2 Å². The number of carbonyl (C=O) groups is 1. The van der Waals surface area contributed by atoms with Gasteiger partial charge in [-0.25, -0.2) is 5.01 Å². The Bertz CT molecular complexity index is 172. The summed E-state index contributed by atoms with van der Waals surface area (Å²) < 4.78 is 0. The third kappa shape index (κ3) is 1.50. The standard InChI is InChI=1S/C3H6N4O2S/c8-2(9)1-7-3(10)4-5-6-7/h3,10H,1H2,(H,4,6)(H,8,9). The van der Waals surface area contributed by atoms with Crippen molar-refractivity contribution >= 4 is 18.6 Å². The number of rotatable bonds is 2. The molecule has 1 heterocycles. The lowest BCUT2D eigenvalue weighted by Gasteiger charge is -2.12. The smallest absolute Gasteiger partial charge is 0.325 e. The Balaban J connectivity index is 2.40. The maximum absolute atomic E-state index is 10.1. The summed E-state index contributed by atoms with van der Waals surface area (Å²) in [6.07, 6.45) is 0. The number of aliphatic carboxylic acids is 1. The van der Waals surface area contributed by atoms with Gasteiger partial charge in [-0.2, -0.15) is 0 Å². The Hall–Kier alpha value is -0.980. The van der Waals surface area contributed by atoms with Crippen LogP contribution in [0.4, 0.5) is 0 Å². The first-order chi connectivity index (χ1) is 4.70. The Morgan fingerprint density at radius 2 is 2.60 bits per heavy atom. The first-order valence-corrected chi connectivity index (χ1v) is 3.04. The van der Waals surface area contributed by atoms with Crippen molar-refractivity contribution in [3.05, 3.63) is 0 Å². The maximum atomic E-state index is 10.1. The number of thiol groups is 1. The van der Waals surface area contributed by atoms with Crippen molar-refractivity contribution in [3.8, 4) is 0 Å². The molecule has 1 atom stereocenters. The van der Waals surface area contributed by atoms with Gasteiger partial charge in [0.1, 0.15) is 6.54 Å². The van der Waals surface area contributed by atoms with E-state index in [1.165, 1.54) is 5.01 Å². The minimum atomic E-state index is -0.957. The van der Waals surface area contributed by atoms with E-state index >= 15 is 0 Å². The van der Waals surface area contributed by atoms with Gasteiger partial charge in [0.2, 0.25) is 0 Å². The van der Waals surface area contributed by atoms with Crippen LogP contribution >= 0.6 is 12.6 Å². The molecule has 0 aromatic heterocycles. The summed E-state index contributed by atoms with van der Waals surface area (Å²) in [5, 5.41) is 16.3. The zero-order valence-corrected chi connectivity index (χ0v) is 5.82. The number of nitrogens with zero attached hydrogens (tertiary/aromatic N) is 3. The van der Waals surface area contributed by atoms with Crippen LogP contribution in [-0.2, 0) is 4.79 Å². The van der Waals surface area contributed by atoms with Gasteiger partial charge in [0, 0.05) is 0 Å². The molecule has 0 aliphatic carbocycles. The maximum Gasteiger partial charge on any atom is 0.325 e. The van der Waals surface area contributed by atoms with Crippen LogP contribution in [0.1, 0.15) is 0 Å². The second-order valence-electron chi connectivity index (χ2n) is 1.68. The highest BCUT2D eigenvalue weighted by Gasteiger charge is 2.19. The predicted octanol–water partition coefficient (Wildman–Crippen LogP) is -0.528. The van der Waals surface area contributed by atoms with Crippen LogP contribution in [-0.4, -0.2) is 28.1 Å². The highest BCUT2D eigenvalue weighted by Crippen LogP contribution is 2.06. The second-order valence-corrected chi connectivity index (χ2v) is 2.17. The Kier molecular flexibility index (Phi) is 1.95. The highest BCUT2D eigenvalue weighted by atomic mass is 32.1. The second kappa shape index (κ2) is 2.74. The minimum Gasteiger partial charge on any atom is -0.480 e. The van der Waals surface area contributed by atoms with Crippen LogP contribution in [0, 0.1) is 0 Å². The Labute approximate surface area is 62.3 Å². The topological polar surface area (TPSA) is 77.3 Å². The van der Waals surface area contributed by atoms with Crippen molar-refractivity contribution in [3.63, 3.8) is 0 Å². The van der Waals surface area contributed by atoms with Gasteiger partial charge in [0.15, 0.2) is 5.50 Å². The molecular formula is C3H6N4O2S. The molecule has 1 unspecified atom stereocenters. The van der Waals surface area contributed by atoms with Gasteiger partial charge in [0.05, 0.1) is 0 Å². The number of hydrogen-bond donors (Lipinski definition) is 3. The van der Waals surface area contributed by atoms with Crippen molar-refractivity contribution in [1.82, 2.24) is 10.4 Å². The van der Waals surface area contributed by atoms with Crippen molar-refractivity contribution in [1.29, 1.82) is 0 Å². The number of carboxylic acids is 1. The zero-order chi connectivity index (χ0) is 7.56. The largest absolute Gasteiger partial charge is 0.480 e. The number of nitrogens with one attached hydrogen (secondary N) is 1. The molecule has 56 valence electrons. The summed E-state index contributed by atoms with van der Waals surface area (Å²) in [5.74, 6) is -0.957. The quantitative estimate of drug-likeness (QED) is 0.477. The van der Waals surface area contributed by atoms with Crippen LogP contribution in [0.3, 0.4) is 0 Å². The van der Waals surface area contributed by atoms with Gasteiger partial charge < -0.3 is 5.11 Å². The average Bonchev–Trinajstić information content (AvgIpc) is 2.15. The molecule has 0 fully saturated rings. The molecule has 0 aromatic rings. The van der Waals surface area contributed by atoms with E-state index in [0.29, 0.717) is 0 Å². The molecule has 0 bridgehead atoms. The molecule has 0 aromatic carbocycles. The lowest BCUT2D eigenvalue weighted by Crippen LogP contribution is -2.33. The first-order valence-electron chi connectivity index (χ1n) is 2.53. The molecular weight excluding hydrogens is 156 g/mol. The van der Waals surface area contributed by atoms with Crippen molar-refractivity contribution in [2.24, 2.45) is 10.4 Å². The summed E-state index contributed by atoms with van der Waals surface area (Å²) in [5.41, 5.74) is 2.04. The van der Waals surface area contributed by atoms with Crippen LogP contribution in [0.5, 0.6) is 0 Å². The molecule has 1 aliphatic heterocycles. The van der Waals surface area contributed by atoms with Crippen molar-refractivity contribution < 1.29 is 9.90 Å². The molecule has 0 amide bonds. The normalized spacial score (nSPS) is 22.9. The lowest BCUT2D eigenvalue weighted by atomic mass is 10.6. The third-order valence-electron chi connectivity index (χ3n) is 0.912. The Morgan fingerprint density at radius 1 is 1.90 bits per heavy atom. The van der Waals surface area contributed by atoms with Gasteiger partial charge >= 0.3 is 5.97 Å². The van der Waals surface area contributed by atoms with Crippen molar-refractivity contribution in [2.75, 3.05) is 6.54 Å². The van der Waals surface area contributed by atoms with E-state index in [4.69, 9.17) is 5.11 Å². The fraction of sp³-hybridized carbons (Fsp3) is 0.667. The van der Waals surface area contributed by atoms with E-state index in [-0.39, 0.29) is 6.54 Å². The van der Waals surface area contributed by atoms with Gasteiger partial charge in [-0.1, -0.05) is 10.4 Å².